The Balaban J connectivity index is 1.27. The third-order valence-electron chi connectivity index (χ3n) is 7.25. The molecular formula is C28H33N3O5. The quantitative estimate of drug-likeness (QED) is 0.506. The van der Waals surface area contributed by atoms with Gasteiger partial charge in [0.1, 0.15) is 18.1 Å². The van der Waals surface area contributed by atoms with Crippen LogP contribution in [0.1, 0.15) is 52.8 Å². The van der Waals surface area contributed by atoms with Gasteiger partial charge in [-0.1, -0.05) is 30.3 Å². The van der Waals surface area contributed by atoms with Crippen LogP contribution in [0.3, 0.4) is 0 Å². The zero-order valence-electron chi connectivity index (χ0n) is 20.8. The number of nitrogens with one attached hydrogen (secondary N) is 2. The molecule has 3 atom stereocenters. The zero-order valence-corrected chi connectivity index (χ0v) is 20.8. The smallest absolute Gasteiger partial charge is 0.407 e. The summed E-state index contributed by atoms with van der Waals surface area (Å²) in [6.45, 7) is 1.37. The van der Waals surface area contributed by atoms with Gasteiger partial charge in [0.05, 0.1) is 26.5 Å². The van der Waals surface area contributed by atoms with Gasteiger partial charge in [0.25, 0.3) is 0 Å². The number of hydrogen-bond acceptors (Lipinski definition) is 6. The van der Waals surface area contributed by atoms with Gasteiger partial charge in [0.2, 0.25) is 0 Å². The van der Waals surface area contributed by atoms with Gasteiger partial charge in [0.15, 0.2) is 0 Å². The summed E-state index contributed by atoms with van der Waals surface area (Å²) in [5.74, 6) is 1.93. The van der Waals surface area contributed by atoms with Crippen molar-refractivity contribution in [2.24, 2.45) is 0 Å². The molecule has 190 valence electrons. The minimum absolute atomic E-state index is 0.0171. The second-order valence-corrected chi connectivity index (χ2v) is 9.43. The average molecular weight is 492 g/mol. The molecule has 2 aliphatic rings. The van der Waals surface area contributed by atoms with Gasteiger partial charge >= 0.3 is 6.09 Å². The van der Waals surface area contributed by atoms with Crippen LogP contribution in [-0.2, 0) is 28.9 Å². The Morgan fingerprint density at radius 3 is 2.64 bits per heavy atom. The molecule has 0 spiro atoms. The highest BCUT2D eigenvalue weighted by atomic mass is 16.5. The van der Waals surface area contributed by atoms with Gasteiger partial charge < -0.3 is 24.3 Å². The molecule has 8 heteroatoms. The van der Waals surface area contributed by atoms with Gasteiger partial charge in [0, 0.05) is 30.3 Å². The molecule has 2 heterocycles. The van der Waals surface area contributed by atoms with Crippen LogP contribution in [0.25, 0.3) is 0 Å². The second-order valence-electron chi connectivity index (χ2n) is 9.43. The van der Waals surface area contributed by atoms with Gasteiger partial charge in [-0.2, -0.15) is 5.10 Å². The molecule has 1 fully saturated rings. The summed E-state index contributed by atoms with van der Waals surface area (Å²) < 4.78 is 22.2. The lowest BCUT2D eigenvalue weighted by Crippen LogP contribution is -2.44. The molecule has 1 saturated heterocycles. The van der Waals surface area contributed by atoms with Gasteiger partial charge in [-0.3, -0.25) is 5.10 Å². The van der Waals surface area contributed by atoms with Crippen LogP contribution >= 0.6 is 0 Å². The van der Waals surface area contributed by atoms with Crippen molar-refractivity contribution in [2.45, 2.75) is 50.2 Å². The monoisotopic (exact) mass is 491 g/mol. The molecule has 5 rings (SSSR count). The number of rotatable bonds is 7. The Bertz CT molecular complexity index is 1160. The summed E-state index contributed by atoms with van der Waals surface area (Å²) in [6, 6.07) is 15.7. The third-order valence-corrected chi connectivity index (χ3v) is 7.25. The zero-order chi connectivity index (χ0) is 24.9. The lowest BCUT2D eigenvalue weighted by atomic mass is 9.80. The Hall–Kier alpha value is -3.52. The van der Waals surface area contributed by atoms with Crippen molar-refractivity contribution < 1.29 is 23.7 Å². The van der Waals surface area contributed by atoms with Crippen LogP contribution in [0.2, 0.25) is 0 Å². The number of benzene rings is 2. The van der Waals surface area contributed by atoms with Crippen LogP contribution in [0.15, 0.2) is 48.5 Å². The first-order chi connectivity index (χ1) is 17.6. The average Bonchev–Trinajstić information content (AvgIpc) is 3.35. The number of H-pyrrole nitrogens is 1. The maximum Gasteiger partial charge on any atom is 0.407 e. The first-order valence-electron chi connectivity index (χ1n) is 12.5. The molecule has 1 aliphatic heterocycles. The first kappa shape index (κ1) is 24.2. The van der Waals surface area contributed by atoms with E-state index in [1.54, 1.807) is 14.2 Å². The van der Waals surface area contributed by atoms with Crippen LogP contribution in [0, 0.1) is 0 Å². The topological polar surface area (TPSA) is 94.7 Å². The number of aromatic amines is 1. The van der Waals surface area contributed by atoms with Crippen LogP contribution in [-0.4, -0.2) is 49.8 Å². The van der Waals surface area contributed by atoms with Crippen molar-refractivity contribution in [3.8, 4) is 11.5 Å². The molecule has 3 aromatic rings. The molecule has 2 aromatic carbocycles. The Kier molecular flexibility index (Phi) is 7.41. The van der Waals surface area contributed by atoms with E-state index in [0.717, 1.165) is 54.1 Å². The molecule has 0 radical (unpaired) electrons. The van der Waals surface area contributed by atoms with E-state index in [-0.39, 0.29) is 18.6 Å². The minimum atomic E-state index is -0.410. The van der Waals surface area contributed by atoms with E-state index < -0.39 is 6.09 Å². The molecular weight excluding hydrogens is 458 g/mol. The summed E-state index contributed by atoms with van der Waals surface area (Å²) >= 11 is 0. The summed E-state index contributed by atoms with van der Waals surface area (Å²) in [7, 11) is 3.35. The molecule has 1 aliphatic carbocycles. The highest BCUT2D eigenvalue weighted by Gasteiger charge is 2.35. The highest BCUT2D eigenvalue weighted by Crippen LogP contribution is 2.39. The summed E-state index contributed by atoms with van der Waals surface area (Å²) in [4.78, 5) is 12.6. The maximum atomic E-state index is 12.6. The summed E-state index contributed by atoms with van der Waals surface area (Å²) in [5, 5.41) is 11.1. The minimum Gasteiger partial charge on any atom is -0.497 e. The summed E-state index contributed by atoms with van der Waals surface area (Å²) in [5.41, 5.74) is 5.57. The number of carbonyl (C=O) groups is 1. The van der Waals surface area contributed by atoms with Gasteiger partial charge in [-0.05, 0) is 60.4 Å². The van der Waals surface area contributed by atoms with E-state index in [4.69, 9.17) is 24.0 Å². The number of nitrogens with zero attached hydrogens (tertiary/aromatic N) is 1. The van der Waals surface area contributed by atoms with E-state index in [9.17, 15) is 4.79 Å². The number of carbonyl (C=O) groups excluding carboxylic acids is 1. The van der Waals surface area contributed by atoms with Crippen LogP contribution < -0.4 is 14.8 Å². The van der Waals surface area contributed by atoms with Crippen molar-refractivity contribution in [1.29, 1.82) is 0 Å². The van der Waals surface area contributed by atoms with Crippen molar-refractivity contribution in [1.82, 2.24) is 15.5 Å². The fourth-order valence-electron chi connectivity index (χ4n) is 5.28. The maximum absolute atomic E-state index is 12.6. The molecule has 8 nitrogen and oxygen atoms in total. The number of amides is 1. The largest absolute Gasteiger partial charge is 0.497 e. The number of fused-ring (bicyclic) bond motifs is 1. The molecule has 1 aromatic heterocycles. The van der Waals surface area contributed by atoms with Gasteiger partial charge in [-0.15, -0.1) is 0 Å². The Morgan fingerprint density at radius 2 is 1.89 bits per heavy atom. The van der Waals surface area contributed by atoms with Crippen molar-refractivity contribution >= 4 is 6.09 Å². The van der Waals surface area contributed by atoms with Crippen molar-refractivity contribution in [3.05, 3.63) is 76.6 Å². The number of ether oxygens (including phenoxy) is 4. The van der Waals surface area contributed by atoms with E-state index in [2.05, 4.69) is 22.5 Å². The fourth-order valence-corrected chi connectivity index (χ4v) is 5.28. The standard InChI is InChI=1S/C28H33N3O5/c1-33-21-12-20(13-22(15-21)34-2)19-8-9-23-26(14-19)30-31-27(23)24-17-35-11-10-25(24)29-28(32)36-16-18-6-4-3-5-7-18/h3-7,12-13,15,19,24-25H,8-11,14,16-17H2,1-2H3,(H,29,32)(H,30,31). The SMILES string of the molecule is COc1cc(OC)cc(C2CCc3c(C4COCCC4NC(=O)OCc4ccccc4)n[nH]c3C2)c1. The molecule has 0 bridgehead atoms. The van der Waals surface area contributed by atoms with Crippen LogP contribution in [0.4, 0.5) is 4.79 Å². The van der Waals surface area contributed by atoms with Gasteiger partial charge in [-0.25, -0.2) is 4.79 Å². The highest BCUT2D eigenvalue weighted by molar-refractivity contribution is 5.67. The number of alkyl carbamates (subject to hydrolysis) is 1. The van der Waals surface area contributed by atoms with Crippen molar-refractivity contribution in [3.63, 3.8) is 0 Å². The molecule has 36 heavy (non-hydrogen) atoms. The second kappa shape index (κ2) is 11.0. The van der Waals surface area contributed by atoms with E-state index in [1.807, 2.05) is 36.4 Å². The Morgan fingerprint density at radius 1 is 1.11 bits per heavy atom. The van der Waals surface area contributed by atoms with E-state index in [1.165, 1.54) is 11.1 Å². The number of aromatic nitrogens is 2. The number of hydrogen-bond donors (Lipinski definition) is 2. The summed E-state index contributed by atoms with van der Waals surface area (Å²) in [6.07, 6.45) is 3.09. The first-order valence-corrected chi connectivity index (χ1v) is 12.5. The normalized spacial score (nSPS) is 21.3. The molecule has 1 amide bonds. The molecule has 2 N–H and O–H groups in total. The van der Waals surface area contributed by atoms with Crippen LogP contribution in [0.5, 0.6) is 11.5 Å². The lowest BCUT2D eigenvalue weighted by Gasteiger charge is -2.32. The Labute approximate surface area is 211 Å². The van der Waals surface area contributed by atoms with E-state index >= 15 is 0 Å². The molecule has 3 unspecified atom stereocenters. The number of methoxy groups -OCH3 is 2. The predicted molar refractivity (Wildman–Crippen MR) is 135 cm³/mol. The fraction of sp³-hybridized carbons (Fsp3) is 0.429. The lowest BCUT2D eigenvalue weighted by molar-refractivity contribution is 0.0546. The predicted octanol–water partition coefficient (Wildman–Crippen LogP) is 4.50. The molecule has 0 saturated carbocycles. The third kappa shape index (κ3) is 5.33. The van der Waals surface area contributed by atoms with E-state index in [0.29, 0.717) is 19.1 Å². The van der Waals surface area contributed by atoms with Crippen molar-refractivity contribution in [2.75, 3.05) is 27.4 Å².